The van der Waals surface area contributed by atoms with E-state index in [2.05, 4.69) is 15.1 Å². The van der Waals surface area contributed by atoms with Crippen LogP contribution in [0.2, 0.25) is 0 Å². The number of rotatable bonds is 1. The fourth-order valence-corrected chi connectivity index (χ4v) is 1.38. The number of nitriles is 1. The van der Waals surface area contributed by atoms with E-state index in [9.17, 15) is 0 Å². The van der Waals surface area contributed by atoms with Gasteiger partial charge < -0.3 is 0 Å². The summed E-state index contributed by atoms with van der Waals surface area (Å²) < 4.78 is 1.69. The minimum Gasteiger partial charge on any atom is -0.245 e. The number of pyridine rings is 1. The quantitative estimate of drug-likeness (QED) is 0.691. The molecular weight excluding hydrogens is 190 g/mol. The van der Waals surface area contributed by atoms with Crippen LogP contribution >= 0.6 is 0 Å². The van der Waals surface area contributed by atoms with Crippen molar-refractivity contribution < 1.29 is 0 Å². The summed E-state index contributed by atoms with van der Waals surface area (Å²) in [4.78, 5) is 8.09. The highest BCUT2D eigenvalue weighted by Crippen LogP contribution is 2.09. The molecule has 0 amide bonds. The molecule has 2 aromatic rings. The topological polar surface area (TPSA) is 67.4 Å². The summed E-state index contributed by atoms with van der Waals surface area (Å²) in [6.07, 6.45) is 1.59. The van der Waals surface area contributed by atoms with E-state index in [0.29, 0.717) is 11.5 Å². The van der Waals surface area contributed by atoms with Crippen LogP contribution in [0.5, 0.6) is 0 Å². The van der Waals surface area contributed by atoms with Gasteiger partial charge in [0.2, 0.25) is 0 Å². The van der Waals surface area contributed by atoms with E-state index in [-0.39, 0.29) is 0 Å². The summed E-state index contributed by atoms with van der Waals surface area (Å²) in [6.45, 7) is 3.70. The lowest BCUT2D eigenvalue weighted by Gasteiger charge is -2.01. The van der Waals surface area contributed by atoms with Gasteiger partial charge in [0.15, 0.2) is 0 Å². The van der Waals surface area contributed by atoms with Gasteiger partial charge in [-0.3, -0.25) is 0 Å². The van der Waals surface area contributed by atoms with Gasteiger partial charge in [-0.2, -0.15) is 10.4 Å². The SMILES string of the molecule is Cc1nc(C)n(-c2ccnc(C#N)c2)n1. The van der Waals surface area contributed by atoms with Crippen LogP contribution < -0.4 is 0 Å². The third kappa shape index (κ3) is 1.70. The second-order valence-electron chi connectivity index (χ2n) is 3.13. The van der Waals surface area contributed by atoms with Crippen LogP contribution in [0.15, 0.2) is 18.3 Å². The Morgan fingerprint density at radius 2 is 2.20 bits per heavy atom. The maximum Gasteiger partial charge on any atom is 0.148 e. The molecule has 0 bridgehead atoms. The highest BCUT2D eigenvalue weighted by atomic mass is 15.3. The molecule has 0 aliphatic rings. The minimum absolute atomic E-state index is 0.375. The van der Waals surface area contributed by atoms with E-state index in [1.54, 1.807) is 23.0 Å². The van der Waals surface area contributed by atoms with Gasteiger partial charge in [0, 0.05) is 12.3 Å². The zero-order valence-corrected chi connectivity index (χ0v) is 8.47. The van der Waals surface area contributed by atoms with Crippen molar-refractivity contribution in [2.24, 2.45) is 0 Å². The van der Waals surface area contributed by atoms with Gasteiger partial charge in [0.05, 0.1) is 5.69 Å². The first-order chi connectivity index (χ1) is 7.20. The smallest absolute Gasteiger partial charge is 0.148 e. The Balaban J connectivity index is 2.55. The molecule has 0 fully saturated rings. The molecule has 0 spiro atoms. The largest absolute Gasteiger partial charge is 0.245 e. The van der Waals surface area contributed by atoms with Crippen molar-refractivity contribution >= 4 is 0 Å². The predicted octanol–water partition coefficient (Wildman–Crippen LogP) is 1.15. The van der Waals surface area contributed by atoms with Crippen molar-refractivity contribution in [2.75, 3.05) is 0 Å². The van der Waals surface area contributed by atoms with Crippen molar-refractivity contribution in [3.63, 3.8) is 0 Å². The molecule has 2 aromatic heterocycles. The Labute approximate surface area is 87.0 Å². The summed E-state index contributed by atoms with van der Waals surface area (Å²) in [5.74, 6) is 1.51. The Kier molecular flexibility index (Phi) is 2.18. The molecule has 0 radical (unpaired) electrons. The van der Waals surface area contributed by atoms with Crippen molar-refractivity contribution in [2.45, 2.75) is 13.8 Å². The number of aromatic nitrogens is 4. The second-order valence-corrected chi connectivity index (χ2v) is 3.13. The molecule has 15 heavy (non-hydrogen) atoms. The first-order valence-electron chi connectivity index (χ1n) is 4.47. The van der Waals surface area contributed by atoms with Gasteiger partial charge in [0.1, 0.15) is 23.4 Å². The zero-order chi connectivity index (χ0) is 10.8. The minimum atomic E-state index is 0.375. The molecule has 74 valence electrons. The van der Waals surface area contributed by atoms with E-state index in [1.807, 2.05) is 19.9 Å². The molecule has 0 N–H and O–H groups in total. The number of hydrogen-bond acceptors (Lipinski definition) is 4. The van der Waals surface area contributed by atoms with Gasteiger partial charge in [-0.25, -0.2) is 14.6 Å². The Morgan fingerprint density at radius 1 is 1.40 bits per heavy atom. The summed E-state index contributed by atoms with van der Waals surface area (Å²) in [6, 6.07) is 5.47. The molecule has 0 aliphatic carbocycles. The van der Waals surface area contributed by atoms with E-state index in [4.69, 9.17) is 5.26 Å². The molecule has 0 unspecified atom stereocenters. The first kappa shape index (κ1) is 9.34. The second kappa shape index (κ2) is 3.50. The van der Waals surface area contributed by atoms with Crippen LogP contribution in [0, 0.1) is 25.2 Å². The highest BCUT2D eigenvalue weighted by molar-refractivity contribution is 5.36. The third-order valence-electron chi connectivity index (χ3n) is 1.98. The van der Waals surface area contributed by atoms with Gasteiger partial charge in [-0.1, -0.05) is 0 Å². The molecule has 2 rings (SSSR count). The third-order valence-corrected chi connectivity index (χ3v) is 1.98. The number of aryl methyl sites for hydroxylation is 2. The van der Waals surface area contributed by atoms with Crippen LogP contribution in [-0.2, 0) is 0 Å². The fraction of sp³-hybridized carbons (Fsp3) is 0.200. The van der Waals surface area contributed by atoms with Crippen molar-refractivity contribution in [1.29, 1.82) is 5.26 Å². The van der Waals surface area contributed by atoms with Crippen LogP contribution in [0.3, 0.4) is 0 Å². The molecular formula is C10H9N5. The summed E-state index contributed by atoms with van der Waals surface area (Å²) >= 11 is 0. The molecule has 5 nitrogen and oxygen atoms in total. The number of hydrogen-bond donors (Lipinski definition) is 0. The number of nitrogens with zero attached hydrogens (tertiary/aromatic N) is 5. The molecule has 2 heterocycles. The lowest BCUT2D eigenvalue weighted by Crippen LogP contribution is -2.00. The van der Waals surface area contributed by atoms with Gasteiger partial charge >= 0.3 is 0 Å². The van der Waals surface area contributed by atoms with E-state index in [1.165, 1.54) is 0 Å². The fourth-order valence-electron chi connectivity index (χ4n) is 1.38. The lowest BCUT2D eigenvalue weighted by atomic mass is 10.3. The predicted molar refractivity (Wildman–Crippen MR) is 53.3 cm³/mol. The van der Waals surface area contributed by atoms with Crippen LogP contribution in [-0.4, -0.2) is 19.7 Å². The highest BCUT2D eigenvalue weighted by Gasteiger charge is 2.05. The van der Waals surface area contributed by atoms with E-state index >= 15 is 0 Å². The first-order valence-corrected chi connectivity index (χ1v) is 4.47. The molecule has 0 saturated heterocycles. The zero-order valence-electron chi connectivity index (χ0n) is 8.47. The van der Waals surface area contributed by atoms with E-state index < -0.39 is 0 Å². The van der Waals surface area contributed by atoms with Crippen molar-refractivity contribution in [3.05, 3.63) is 35.7 Å². The molecule has 0 atom stereocenters. The Bertz CT molecular complexity index is 535. The lowest BCUT2D eigenvalue weighted by molar-refractivity contribution is 0.828. The average molecular weight is 199 g/mol. The van der Waals surface area contributed by atoms with Gasteiger partial charge in [0.25, 0.3) is 0 Å². The van der Waals surface area contributed by atoms with E-state index in [0.717, 1.165) is 11.5 Å². The normalized spacial score (nSPS) is 9.93. The Morgan fingerprint density at radius 3 is 2.80 bits per heavy atom. The molecule has 5 heteroatoms. The average Bonchev–Trinajstić information content (AvgIpc) is 2.58. The maximum absolute atomic E-state index is 8.73. The van der Waals surface area contributed by atoms with Crippen molar-refractivity contribution in [3.8, 4) is 11.8 Å². The maximum atomic E-state index is 8.73. The van der Waals surface area contributed by atoms with Crippen LogP contribution in [0.25, 0.3) is 5.69 Å². The van der Waals surface area contributed by atoms with Crippen molar-refractivity contribution in [1.82, 2.24) is 19.7 Å². The van der Waals surface area contributed by atoms with Gasteiger partial charge in [-0.05, 0) is 19.9 Å². The van der Waals surface area contributed by atoms with Gasteiger partial charge in [-0.15, -0.1) is 0 Å². The summed E-state index contributed by atoms with van der Waals surface area (Å²) in [5.41, 5.74) is 1.18. The summed E-state index contributed by atoms with van der Waals surface area (Å²) in [5, 5.41) is 12.9. The molecule has 0 aliphatic heterocycles. The standard InChI is InChI=1S/C10H9N5/c1-7-13-8(2)15(14-7)10-3-4-12-9(5-10)6-11/h3-5H,1-2H3. The molecule has 0 saturated carbocycles. The van der Waals surface area contributed by atoms with Crippen LogP contribution in [0.1, 0.15) is 17.3 Å². The van der Waals surface area contributed by atoms with Crippen LogP contribution in [0.4, 0.5) is 0 Å². The molecule has 0 aromatic carbocycles. The summed E-state index contributed by atoms with van der Waals surface area (Å²) in [7, 11) is 0. The monoisotopic (exact) mass is 199 g/mol. The Hall–Kier alpha value is -2.22.